The summed E-state index contributed by atoms with van der Waals surface area (Å²) in [5.41, 5.74) is 4.54. The molecule has 0 bridgehead atoms. The summed E-state index contributed by atoms with van der Waals surface area (Å²) >= 11 is 1.62. The maximum absolute atomic E-state index is 13.4. The number of thiazole rings is 1. The second-order valence-corrected chi connectivity index (χ2v) is 10.9. The first-order chi connectivity index (χ1) is 17.0. The van der Waals surface area contributed by atoms with Gasteiger partial charge in [0, 0.05) is 13.5 Å². The summed E-state index contributed by atoms with van der Waals surface area (Å²) in [6, 6.07) is 6.88. The fourth-order valence-corrected chi connectivity index (χ4v) is 5.27. The predicted molar refractivity (Wildman–Crippen MR) is 147 cm³/mol. The Bertz CT molecular complexity index is 1030. The smallest absolute Gasteiger partial charge is 0.246 e. The van der Waals surface area contributed by atoms with Gasteiger partial charge < -0.3 is 15.5 Å². The Morgan fingerprint density at radius 1 is 1.14 bits per heavy atom. The number of nitrogens with zero attached hydrogens (tertiary/aromatic N) is 2. The lowest BCUT2D eigenvalue weighted by Gasteiger charge is -2.35. The molecule has 1 aliphatic rings. The number of amides is 3. The average Bonchev–Trinajstić information content (AvgIpc) is 3.50. The molecule has 1 aromatic heterocycles. The normalized spacial score (nSPS) is 17.0. The fourth-order valence-electron chi connectivity index (χ4n) is 4.46. The number of rotatable bonds is 7. The fraction of sp³-hybridized carbons (Fsp3) is 0.571. The van der Waals surface area contributed by atoms with E-state index in [0.29, 0.717) is 13.0 Å². The average molecular weight is 515 g/mol. The van der Waals surface area contributed by atoms with Crippen LogP contribution in [-0.2, 0) is 14.4 Å². The second-order valence-electron chi connectivity index (χ2n) is 10.0. The van der Waals surface area contributed by atoms with Gasteiger partial charge in [-0.15, -0.1) is 11.3 Å². The summed E-state index contributed by atoms with van der Waals surface area (Å²) in [5, 5.41) is 5.95. The van der Waals surface area contributed by atoms with Gasteiger partial charge in [0.15, 0.2) is 0 Å². The molecule has 1 fully saturated rings. The third-order valence-electron chi connectivity index (χ3n) is 6.34. The Labute approximate surface area is 220 Å². The highest BCUT2D eigenvalue weighted by Gasteiger charge is 2.41. The number of carbonyl (C=O) groups is 3. The van der Waals surface area contributed by atoms with Gasteiger partial charge in [-0.2, -0.15) is 0 Å². The number of aromatic nitrogens is 1. The summed E-state index contributed by atoms with van der Waals surface area (Å²) in [6.07, 6.45) is 2.12. The van der Waals surface area contributed by atoms with E-state index in [9.17, 15) is 14.4 Å². The van der Waals surface area contributed by atoms with E-state index >= 15 is 0 Å². The Hall–Kier alpha value is -2.74. The molecule has 0 spiro atoms. The lowest BCUT2D eigenvalue weighted by molar-refractivity contribution is -0.143. The predicted octanol–water partition coefficient (Wildman–Crippen LogP) is 5.25. The molecule has 2 aromatic rings. The standard InChI is InChI=1S/C26H36N4O3S.C2H6/c1-7-20(18-10-12-19(13-11-18)22-16(2)27-15-34-22)29-24(32)21-9-8-14-30(21)25(33)23(26(4,5)6)28-17(3)31;1-2/h10-13,15,20-21,23H,7-9,14H2,1-6H3,(H,28,31)(H,29,32);1-2H3. The Morgan fingerprint density at radius 3 is 2.28 bits per heavy atom. The van der Waals surface area contributed by atoms with Gasteiger partial charge in [-0.05, 0) is 42.7 Å². The minimum atomic E-state index is -0.678. The molecule has 2 heterocycles. The van der Waals surface area contributed by atoms with Gasteiger partial charge in [-0.3, -0.25) is 14.4 Å². The number of aryl methyl sites for hydroxylation is 1. The molecule has 3 atom stereocenters. The van der Waals surface area contributed by atoms with Crippen molar-refractivity contribution in [1.82, 2.24) is 20.5 Å². The molecule has 1 aliphatic heterocycles. The number of hydrogen-bond donors (Lipinski definition) is 2. The first-order valence-electron chi connectivity index (χ1n) is 12.9. The monoisotopic (exact) mass is 514 g/mol. The maximum atomic E-state index is 13.4. The van der Waals surface area contributed by atoms with Gasteiger partial charge in [-0.25, -0.2) is 4.98 Å². The van der Waals surface area contributed by atoms with E-state index in [-0.39, 0.29) is 23.8 Å². The first-order valence-corrected chi connectivity index (χ1v) is 13.8. The summed E-state index contributed by atoms with van der Waals surface area (Å²) in [4.78, 5) is 45.5. The number of nitrogens with one attached hydrogen (secondary N) is 2. The van der Waals surface area contributed by atoms with Crippen molar-refractivity contribution in [2.75, 3.05) is 6.54 Å². The van der Waals surface area contributed by atoms with Gasteiger partial charge >= 0.3 is 0 Å². The van der Waals surface area contributed by atoms with E-state index < -0.39 is 17.5 Å². The van der Waals surface area contributed by atoms with Gasteiger partial charge in [0.25, 0.3) is 0 Å². The van der Waals surface area contributed by atoms with Gasteiger partial charge in [0.05, 0.1) is 22.1 Å². The highest BCUT2D eigenvalue weighted by molar-refractivity contribution is 7.13. The minimum absolute atomic E-state index is 0.143. The molecule has 0 saturated carbocycles. The highest BCUT2D eigenvalue weighted by atomic mass is 32.1. The topological polar surface area (TPSA) is 91.4 Å². The Balaban J connectivity index is 0.00000222. The number of benzene rings is 1. The number of likely N-dealkylation sites (tertiary alicyclic amines) is 1. The molecule has 0 radical (unpaired) electrons. The van der Waals surface area contributed by atoms with Crippen LogP contribution in [0.25, 0.3) is 10.4 Å². The molecule has 3 rings (SSSR count). The van der Waals surface area contributed by atoms with Crippen LogP contribution in [0.4, 0.5) is 0 Å². The molecule has 1 saturated heterocycles. The van der Waals surface area contributed by atoms with Gasteiger partial charge in [0.2, 0.25) is 17.7 Å². The first kappa shape index (κ1) is 29.5. The summed E-state index contributed by atoms with van der Waals surface area (Å²) in [5.74, 6) is -0.593. The zero-order chi connectivity index (χ0) is 27.0. The number of hydrogen-bond acceptors (Lipinski definition) is 5. The van der Waals surface area contributed by atoms with Crippen molar-refractivity contribution in [1.29, 1.82) is 0 Å². The minimum Gasteiger partial charge on any atom is -0.348 e. The van der Waals surface area contributed by atoms with Crippen LogP contribution in [0, 0.1) is 12.3 Å². The van der Waals surface area contributed by atoms with E-state index in [2.05, 4.69) is 27.8 Å². The highest BCUT2D eigenvalue weighted by Crippen LogP contribution is 2.30. The molecule has 36 heavy (non-hydrogen) atoms. The summed E-state index contributed by atoms with van der Waals surface area (Å²) in [6.45, 7) is 15.7. The van der Waals surface area contributed by atoms with E-state index in [1.807, 2.05) is 66.1 Å². The molecular formula is C28H42N4O3S. The van der Waals surface area contributed by atoms with Crippen LogP contribution in [0.3, 0.4) is 0 Å². The zero-order valence-corrected chi connectivity index (χ0v) is 23.8. The van der Waals surface area contributed by atoms with Crippen LogP contribution in [0.5, 0.6) is 0 Å². The molecule has 3 unspecified atom stereocenters. The third-order valence-corrected chi connectivity index (χ3v) is 7.32. The lowest BCUT2D eigenvalue weighted by atomic mass is 9.85. The van der Waals surface area contributed by atoms with E-state index in [1.165, 1.54) is 6.92 Å². The van der Waals surface area contributed by atoms with E-state index in [4.69, 9.17) is 0 Å². The van der Waals surface area contributed by atoms with Crippen molar-refractivity contribution in [3.05, 3.63) is 41.0 Å². The van der Waals surface area contributed by atoms with Crippen LogP contribution < -0.4 is 10.6 Å². The quantitative estimate of drug-likeness (QED) is 0.528. The van der Waals surface area contributed by atoms with Crippen LogP contribution in [0.2, 0.25) is 0 Å². The molecule has 3 amide bonds. The Morgan fingerprint density at radius 2 is 1.78 bits per heavy atom. The summed E-state index contributed by atoms with van der Waals surface area (Å²) < 4.78 is 0. The number of carbonyl (C=O) groups excluding carboxylic acids is 3. The third kappa shape index (κ3) is 7.15. The molecule has 2 N–H and O–H groups in total. The van der Waals surface area contributed by atoms with Crippen molar-refractivity contribution in [2.24, 2.45) is 5.41 Å². The molecule has 7 nitrogen and oxygen atoms in total. The van der Waals surface area contributed by atoms with Crippen molar-refractivity contribution >= 4 is 29.1 Å². The second kappa shape index (κ2) is 13.0. The molecule has 8 heteroatoms. The van der Waals surface area contributed by atoms with E-state index in [0.717, 1.165) is 34.5 Å². The molecule has 1 aromatic carbocycles. The van der Waals surface area contributed by atoms with Crippen molar-refractivity contribution in [3.63, 3.8) is 0 Å². The van der Waals surface area contributed by atoms with Crippen LogP contribution in [0.1, 0.15) is 85.0 Å². The maximum Gasteiger partial charge on any atom is 0.246 e. The zero-order valence-electron chi connectivity index (χ0n) is 23.0. The van der Waals surface area contributed by atoms with Crippen molar-refractivity contribution in [2.45, 2.75) is 92.8 Å². The van der Waals surface area contributed by atoms with Crippen molar-refractivity contribution in [3.8, 4) is 10.4 Å². The van der Waals surface area contributed by atoms with Crippen LogP contribution in [0.15, 0.2) is 29.8 Å². The van der Waals surface area contributed by atoms with Crippen LogP contribution >= 0.6 is 11.3 Å². The molecule has 198 valence electrons. The van der Waals surface area contributed by atoms with Crippen LogP contribution in [-0.4, -0.2) is 46.2 Å². The largest absolute Gasteiger partial charge is 0.348 e. The lowest BCUT2D eigenvalue weighted by Crippen LogP contribution is -2.57. The van der Waals surface area contributed by atoms with Gasteiger partial charge in [-0.1, -0.05) is 65.8 Å². The van der Waals surface area contributed by atoms with E-state index in [1.54, 1.807) is 16.2 Å². The summed E-state index contributed by atoms with van der Waals surface area (Å²) in [7, 11) is 0. The molecule has 0 aliphatic carbocycles. The molecular weight excluding hydrogens is 472 g/mol. The Kier molecular flexibility index (Phi) is 10.6. The van der Waals surface area contributed by atoms with Crippen molar-refractivity contribution < 1.29 is 14.4 Å². The van der Waals surface area contributed by atoms with Gasteiger partial charge in [0.1, 0.15) is 12.1 Å². The SMILES string of the molecule is CC.CCC(NC(=O)C1CCCN1C(=O)C(NC(C)=O)C(C)(C)C)c1ccc(-c2scnc2C)cc1.